The molecule has 0 aromatic heterocycles. The van der Waals surface area contributed by atoms with E-state index in [0.717, 1.165) is 51.4 Å². The summed E-state index contributed by atoms with van der Waals surface area (Å²) in [5.74, 6) is 0.440. The molecule has 240 valence electrons. The third-order valence-electron chi connectivity index (χ3n) is 8.85. The van der Waals surface area contributed by atoms with Gasteiger partial charge in [0.05, 0.1) is 24.4 Å². The summed E-state index contributed by atoms with van der Waals surface area (Å²) >= 11 is 0. The van der Waals surface area contributed by atoms with Gasteiger partial charge < -0.3 is 23.4 Å². The maximum Gasteiger partial charge on any atom is 0.261 e. The second kappa shape index (κ2) is 17.6. The first-order valence-electron chi connectivity index (χ1n) is 16.3. The van der Waals surface area contributed by atoms with Crippen molar-refractivity contribution >= 4 is 18.7 Å². The fourth-order valence-corrected chi connectivity index (χ4v) is 11.6. The number of hydrogen-bond donors (Lipinski definition) is 0. The normalized spacial score (nSPS) is 21.7. The molecular weight excluding hydrogens is 552 g/mol. The zero-order chi connectivity index (χ0) is 31.3. The van der Waals surface area contributed by atoms with Crippen LogP contribution < -0.4 is 10.4 Å². The molecule has 0 aliphatic carbocycles. The van der Waals surface area contributed by atoms with Gasteiger partial charge in [0, 0.05) is 26.7 Å². The molecule has 0 amide bonds. The van der Waals surface area contributed by atoms with Gasteiger partial charge in [0.1, 0.15) is 6.79 Å². The molecule has 0 saturated carbocycles. The predicted octanol–water partition coefficient (Wildman–Crippen LogP) is 7.67. The summed E-state index contributed by atoms with van der Waals surface area (Å²) in [5, 5.41) is 2.59. The largest absolute Gasteiger partial charge is 0.404 e. The quantitative estimate of drug-likeness (QED) is 0.0985. The minimum absolute atomic E-state index is 0.0563. The van der Waals surface area contributed by atoms with E-state index in [0.29, 0.717) is 12.7 Å². The Morgan fingerprint density at radius 2 is 1.53 bits per heavy atom. The van der Waals surface area contributed by atoms with Crippen molar-refractivity contribution < 1.29 is 23.4 Å². The molecular formula is C37H58O5Si. The van der Waals surface area contributed by atoms with Crippen molar-refractivity contribution in [1.82, 2.24) is 0 Å². The first-order chi connectivity index (χ1) is 20.7. The van der Waals surface area contributed by atoms with Gasteiger partial charge in [-0.1, -0.05) is 108 Å². The molecule has 5 nitrogen and oxygen atoms in total. The Morgan fingerprint density at radius 3 is 2.05 bits per heavy atom. The number of ether oxygens (including phenoxy) is 4. The maximum atomic E-state index is 7.57. The molecule has 1 saturated heterocycles. The molecule has 1 aliphatic heterocycles. The standard InChI is InChI=1S/C37H58O5Si/c1-9-17-30-25-33(40-28-38-7)27-34(41-30)24-29(3)23-32(39-8)26-31(18-10-2)42-43(37(4,5)6,35-19-13-11-14-20-35)36-21-15-12-16-22-36/h9,11-16,19-22,29-34H,1,10,17-18,23-28H2,2-8H3/t29-,30-,31-,32-,33-,34+/m1/s1. The summed E-state index contributed by atoms with van der Waals surface area (Å²) < 4.78 is 31.4. The van der Waals surface area contributed by atoms with Gasteiger partial charge in [-0.15, -0.1) is 6.58 Å². The zero-order valence-corrected chi connectivity index (χ0v) is 28.9. The van der Waals surface area contributed by atoms with Crippen LogP contribution in [0.5, 0.6) is 0 Å². The average Bonchev–Trinajstić information content (AvgIpc) is 2.98. The van der Waals surface area contributed by atoms with Crippen molar-refractivity contribution in [3.63, 3.8) is 0 Å². The van der Waals surface area contributed by atoms with Gasteiger partial charge in [0.2, 0.25) is 0 Å². The van der Waals surface area contributed by atoms with E-state index in [1.165, 1.54) is 10.4 Å². The first-order valence-corrected chi connectivity index (χ1v) is 18.3. The van der Waals surface area contributed by atoms with E-state index in [1.807, 2.05) is 13.2 Å². The van der Waals surface area contributed by atoms with E-state index in [9.17, 15) is 0 Å². The molecule has 1 heterocycles. The van der Waals surface area contributed by atoms with Gasteiger partial charge in [-0.25, -0.2) is 0 Å². The van der Waals surface area contributed by atoms with E-state index >= 15 is 0 Å². The lowest BCUT2D eigenvalue weighted by atomic mass is 9.89. The third kappa shape index (κ3) is 10.1. The van der Waals surface area contributed by atoms with Crippen LogP contribution in [0.2, 0.25) is 5.04 Å². The van der Waals surface area contributed by atoms with Crippen LogP contribution in [-0.4, -0.2) is 59.8 Å². The third-order valence-corrected chi connectivity index (χ3v) is 13.9. The van der Waals surface area contributed by atoms with Crippen molar-refractivity contribution in [1.29, 1.82) is 0 Å². The van der Waals surface area contributed by atoms with Crippen LogP contribution in [-0.2, 0) is 23.4 Å². The number of rotatable bonds is 18. The fourth-order valence-electron chi connectivity index (χ4n) is 6.92. The molecule has 2 aromatic rings. The van der Waals surface area contributed by atoms with E-state index in [4.69, 9.17) is 23.4 Å². The SMILES string of the molecule is C=CC[C@@H]1C[C@@H](OCOC)C[C@H](C[C@H](C)C[C@H](C[C@@H](CCC)O[Si](c2ccccc2)(c2ccccc2)C(C)(C)C)OC)O1. The topological polar surface area (TPSA) is 46.2 Å². The summed E-state index contributed by atoms with van der Waals surface area (Å²) in [6, 6.07) is 21.9. The maximum absolute atomic E-state index is 7.57. The van der Waals surface area contributed by atoms with Gasteiger partial charge in [0.25, 0.3) is 8.32 Å². The van der Waals surface area contributed by atoms with Crippen LogP contribution in [0.1, 0.15) is 86.0 Å². The monoisotopic (exact) mass is 610 g/mol. The van der Waals surface area contributed by atoms with Gasteiger partial charge in [-0.05, 0) is 59.9 Å². The minimum Gasteiger partial charge on any atom is -0.404 e. The highest BCUT2D eigenvalue weighted by molar-refractivity contribution is 6.99. The molecule has 0 unspecified atom stereocenters. The zero-order valence-electron chi connectivity index (χ0n) is 27.9. The summed E-state index contributed by atoms with van der Waals surface area (Å²) in [5.41, 5.74) is 0. The molecule has 6 atom stereocenters. The summed E-state index contributed by atoms with van der Waals surface area (Å²) in [4.78, 5) is 0. The Bertz CT molecular complexity index is 1000. The van der Waals surface area contributed by atoms with Crippen LogP contribution in [0.15, 0.2) is 73.3 Å². The fraction of sp³-hybridized carbons (Fsp3) is 0.622. The Morgan fingerprint density at radius 1 is 0.930 bits per heavy atom. The van der Waals surface area contributed by atoms with Crippen LogP contribution in [0.4, 0.5) is 0 Å². The lowest BCUT2D eigenvalue weighted by Gasteiger charge is -2.45. The molecule has 6 heteroatoms. The van der Waals surface area contributed by atoms with Crippen molar-refractivity contribution in [3.05, 3.63) is 73.3 Å². The van der Waals surface area contributed by atoms with Gasteiger partial charge in [-0.2, -0.15) is 0 Å². The molecule has 43 heavy (non-hydrogen) atoms. The predicted molar refractivity (Wildman–Crippen MR) is 181 cm³/mol. The van der Waals surface area contributed by atoms with E-state index in [-0.39, 0.29) is 35.6 Å². The molecule has 3 rings (SSSR count). The van der Waals surface area contributed by atoms with Crippen LogP contribution in [0, 0.1) is 5.92 Å². The Hall–Kier alpha value is -1.80. The molecule has 1 aliphatic rings. The van der Waals surface area contributed by atoms with Crippen LogP contribution in [0.3, 0.4) is 0 Å². The van der Waals surface area contributed by atoms with Crippen molar-refractivity contribution in [2.24, 2.45) is 5.92 Å². The number of hydrogen-bond acceptors (Lipinski definition) is 5. The second-order valence-electron chi connectivity index (χ2n) is 13.4. The van der Waals surface area contributed by atoms with Crippen molar-refractivity contribution in [3.8, 4) is 0 Å². The first kappa shape index (κ1) is 35.7. The molecule has 1 fully saturated rings. The summed E-state index contributed by atoms with van der Waals surface area (Å²) in [7, 11) is 0.885. The smallest absolute Gasteiger partial charge is 0.261 e. The highest BCUT2D eigenvalue weighted by Gasteiger charge is 2.51. The van der Waals surface area contributed by atoms with Crippen LogP contribution >= 0.6 is 0 Å². The van der Waals surface area contributed by atoms with E-state index in [2.05, 4.69) is 102 Å². The highest BCUT2D eigenvalue weighted by Crippen LogP contribution is 2.39. The number of benzene rings is 2. The molecule has 0 N–H and O–H groups in total. The summed E-state index contributed by atoms with van der Waals surface area (Å²) in [6.45, 7) is 15.9. The van der Waals surface area contributed by atoms with Gasteiger partial charge >= 0.3 is 0 Å². The van der Waals surface area contributed by atoms with E-state index in [1.54, 1.807) is 7.11 Å². The average molecular weight is 611 g/mol. The Balaban J connectivity index is 1.78. The van der Waals surface area contributed by atoms with Crippen molar-refractivity contribution in [2.75, 3.05) is 21.0 Å². The Kier molecular flexibility index (Phi) is 14.6. The molecule has 2 aromatic carbocycles. The molecule has 0 radical (unpaired) electrons. The van der Waals surface area contributed by atoms with Gasteiger partial charge in [-0.3, -0.25) is 0 Å². The van der Waals surface area contributed by atoms with E-state index < -0.39 is 8.32 Å². The Labute approximate surface area is 263 Å². The highest BCUT2D eigenvalue weighted by atomic mass is 28.4. The van der Waals surface area contributed by atoms with Crippen molar-refractivity contribution in [2.45, 2.75) is 122 Å². The summed E-state index contributed by atoms with van der Waals surface area (Å²) in [6.07, 6.45) is 10.2. The lowest BCUT2D eigenvalue weighted by molar-refractivity contribution is -0.151. The molecule has 0 spiro atoms. The van der Waals surface area contributed by atoms with Gasteiger partial charge in [0.15, 0.2) is 0 Å². The second-order valence-corrected chi connectivity index (χ2v) is 17.7. The molecule has 0 bridgehead atoms. The lowest BCUT2D eigenvalue weighted by Crippen LogP contribution is -2.67. The minimum atomic E-state index is -2.65. The van der Waals surface area contributed by atoms with Crippen LogP contribution in [0.25, 0.3) is 0 Å². The number of methoxy groups -OCH3 is 2.